The Morgan fingerprint density at radius 1 is 0.912 bits per heavy atom. The maximum Gasteiger partial charge on any atom is 1.00 e. The fraction of sp³-hybridized carbons (Fsp3) is 0.310. The van der Waals surface area contributed by atoms with Gasteiger partial charge in [-0.25, -0.2) is 0 Å². The first kappa shape index (κ1) is 28.5. The standard InChI is InChI=1S/C29H33NO3.K/c1-28(2,3)21-16-20(26(31)24(17-21)29(4,5)6)18-30-25(27(32)33)23-15-11-10-14-22(23)19-12-8-7-9-13-19;/h7-18,25,31H,1-6H3,(H,32,33);/q;+1/p-1. The van der Waals surface area contributed by atoms with Crippen molar-refractivity contribution in [2.75, 3.05) is 0 Å². The minimum absolute atomic E-state index is 0. The summed E-state index contributed by atoms with van der Waals surface area (Å²) in [6.45, 7) is 12.4. The molecule has 1 N–H and O–H groups in total. The van der Waals surface area contributed by atoms with E-state index in [0.717, 1.165) is 22.3 Å². The summed E-state index contributed by atoms with van der Waals surface area (Å²) in [4.78, 5) is 16.6. The Labute approximate surface area is 245 Å². The van der Waals surface area contributed by atoms with Crippen molar-refractivity contribution in [2.45, 2.75) is 58.4 Å². The molecule has 0 aromatic heterocycles. The van der Waals surface area contributed by atoms with E-state index in [4.69, 9.17) is 0 Å². The number of nitrogens with zero attached hydrogens (tertiary/aromatic N) is 1. The van der Waals surface area contributed by atoms with Gasteiger partial charge in [0.1, 0.15) is 11.8 Å². The zero-order valence-electron chi connectivity index (χ0n) is 21.2. The molecule has 0 heterocycles. The molecule has 0 aliphatic heterocycles. The van der Waals surface area contributed by atoms with Crippen molar-refractivity contribution < 1.29 is 66.4 Å². The molecule has 3 aromatic rings. The molecular weight excluding hydrogens is 449 g/mol. The summed E-state index contributed by atoms with van der Waals surface area (Å²) in [5.41, 5.74) is 4.13. The molecule has 0 radical (unpaired) electrons. The first-order valence-electron chi connectivity index (χ1n) is 11.2. The first-order chi connectivity index (χ1) is 15.4. The number of aromatic hydroxyl groups is 1. The van der Waals surface area contributed by atoms with Gasteiger partial charge in [-0.1, -0.05) is 102 Å². The summed E-state index contributed by atoms with van der Waals surface area (Å²) in [6, 6.07) is 19.6. The number of hydrogen-bond acceptors (Lipinski definition) is 4. The predicted molar refractivity (Wildman–Crippen MR) is 133 cm³/mol. The van der Waals surface area contributed by atoms with Crippen LogP contribution in [-0.4, -0.2) is 17.3 Å². The molecule has 1 unspecified atom stereocenters. The molecule has 1 atom stereocenters. The molecule has 0 bridgehead atoms. The number of aliphatic imine (C=N–C) groups is 1. The van der Waals surface area contributed by atoms with E-state index in [-0.39, 0.29) is 68.0 Å². The number of carbonyl (C=O) groups excluding carboxylic acids is 1. The quantitative estimate of drug-likeness (QED) is 0.450. The second kappa shape index (κ2) is 11.3. The number of carboxylic acid groups (broad SMARTS) is 1. The van der Waals surface area contributed by atoms with E-state index in [2.05, 4.69) is 25.8 Å². The number of aliphatic carboxylic acids is 1. The maximum atomic E-state index is 12.2. The third kappa shape index (κ3) is 6.67. The predicted octanol–water partition coefficient (Wildman–Crippen LogP) is 2.57. The monoisotopic (exact) mass is 481 g/mol. The molecule has 0 spiro atoms. The van der Waals surface area contributed by atoms with E-state index in [0.29, 0.717) is 11.1 Å². The third-order valence-electron chi connectivity index (χ3n) is 5.74. The van der Waals surface area contributed by atoms with Gasteiger partial charge in [-0.15, -0.1) is 0 Å². The van der Waals surface area contributed by atoms with Gasteiger partial charge in [0.2, 0.25) is 0 Å². The smallest absolute Gasteiger partial charge is 0.547 e. The molecular formula is C29H32KNO3. The van der Waals surface area contributed by atoms with Gasteiger partial charge < -0.3 is 15.0 Å². The van der Waals surface area contributed by atoms with Crippen molar-refractivity contribution in [3.8, 4) is 16.9 Å². The van der Waals surface area contributed by atoms with Crippen LogP contribution in [0.1, 0.15) is 69.8 Å². The van der Waals surface area contributed by atoms with Crippen LogP contribution in [0.2, 0.25) is 0 Å². The van der Waals surface area contributed by atoms with Gasteiger partial charge in [-0.05, 0) is 39.2 Å². The van der Waals surface area contributed by atoms with Crippen molar-refractivity contribution in [2.24, 2.45) is 4.99 Å². The number of phenolic OH excluding ortho intramolecular Hbond substituents is 1. The number of carbonyl (C=O) groups is 1. The zero-order chi connectivity index (χ0) is 24.4. The topological polar surface area (TPSA) is 72.7 Å². The summed E-state index contributed by atoms with van der Waals surface area (Å²) in [6.07, 6.45) is 1.46. The summed E-state index contributed by atoms with van der Waals surface area (Å²) in [5, 5.41) is 23.2. The van der Waals surface area contributed by atoms with Crippen LogP contribution < -0.4 is 56.5 Å². The van der Waals surface area contributed by atoms with Gasteiger partial charge in [-0.2, -0.15) is 0 Å². The molecule has 4 nitrogen and oxygen atoms in total. The van der Waals surface area contributed by atoms with Crippen LogP contribution in [0.3, 0.4) is 0 Å². The second-order valence-corrected chi connectivity index (χ2v) is 10.4. The van der Waals surface area contributed by atoms with Crippen molar-refractivity contribution in [1.29, 1.82) is 0 Å². The Bertz CT molecular complexity index is 1170. The van der Waals surface area contributed by atoms with E-state index < -0.39 is 12.0 Å². The van der Waals surface area contributed by atoms with Crippen LogP contribution in [0.25, 0.3) is 11.1 Å². The van der Waals surface area contributed by atoms with E-state index >= 15 is 0 Å². The van der Waals surface area contributed by atoms with Gasteiger partial charge >= 0.3 is 51.4 Å². The molecule has 0 saturated heterocycles. The number of rotatable bonds is 5. The van der Waals surface area contributed by atoms with Gasteiger partial charge in [0.25, 0.3) is 0 Å². The summed E-state index contributed by atoms with van der Waals surface area (Å²) in [7, 11) is 0. The molecule has 0 amide bonds. The number of hydrogen-bond donors (Lipinski definition) is 1. The van der Waals surface area contributed by atoms with Gasteiger partial charge in [0, 0.05) is 17.3 Å². The average Bonchev–Trinajstić information content (AvgIpc) is 2.74. The molecule has 0 saturated carbocycles. The minimum Gasteiger partial charge on any atom is -0.547 e. The molecule has 0 fully saturated rings. The summed E-state index contributed by atoms with van der Waals surface area (Å²) < 4.78 is 0. The Morgan fingerprint density at radius 3 is 2.06 bits per heavy atom. The molecule has 172 valence electrons. The largest absolute Gasteiger partial charge is 1.00 e. The van der Waals surface area contributed by atoms with Crippen molar-refractivity contribution in [3.05, 3.63) is 89.0 Å². The minimum atomic E-state index is -1.29. The number of benzene rings is 3. The Hall–Kier alpha value is -1.76. The van der Waals surface area contributed by atoms with Crippen molar-refractivity contribution in [3.63, 3.8) is 0 Å². The van der Waals surface area contributed by atoms with E-state index in [1.54, 1.807) is 12.1 Å². The fourth-order valence-corrected chi connectivity index (χ4v) is 3.80. The molecule has 5 heteroatoms. The Morgan fingerprint density at radius 2 is 1.50 bits per heavy atom. The second-order valence-electron chi connectivity index (χ2n) is 10.4. The molecule has 3 rings (SSSR count). The zero-order valence-corrected chi connectivity index (χ0v) is 24.3. The van der Waals surface area contributed by atoms with E-state index in [1.165, 1.54) is 6.21 Å². The number of phenols is 1. The van der Waals surface area contributed by atoms with Gasteiger partial charge in [-0.3, -0.25) is 4.99 Å². The first-order valence-corrected chi connectivity index (χ1v) is 11.2. The van der Waals surface area contributed by atoms with Crippen LogP contribution >= 0.6 is 0 Å². The Balaban J connectivity index is 0.00000408. The summed E-state index contributed by atoms with van der Waals surface area (Å²) in [5.74, 6) is -1.18. The van der Waals surface area contributed by atoms with Crippen LogP contribution in [0.5, 0.6) is 5.75 Å². The average molecular weight is 482 g/mol. The molecule has 3 aromatic carbocycles. The normalized spacial score (nSPS) is 12.9. The molecule has 0 aliphatic rings. The van der Waals surface area contributed by atoms with Crippen LogP contribution in [-0.2, 0) is 15.6 Å². The SMILES string of the molecule is CC(C)(C)c1cc(C=NC(C(=O)[O-])c2ccccc2-c2ccccc2)c(O)c(C(C)(C)C)c1.[K+]. The van der Waals surface area contributed by atoms with Crippen LogP contribution in [0, 0.1) is 0 Å². The van der Waals surface area contributed by atoms with E-state index in [1.807, 2.05) is 75.4 Å². The van der Waals surface area contributed by atoms with Crippen molar-refractivity contribution >= 4 is 12.2 Å². The third-order valence-corrected chi connectivity index (χ3v) is 5.74. The maximum absolute atomic E-state index is 12.2. The van der Waals surface area contributed by atoms with Gasteiger partial charge in [0.15, 0.2) is 0 Å². The number of carboxylic acids is 1. The van der Waals surface area contributed by atoms with E-state index in [9.17, 15) is 15.0 Å². The van der Waals surface area contributed by atoms with Crippen LogP contribution in [0.4, 0.5) is 0 Å². The molecule has 0 aliphatic carbocycles. The summed E-state index contributed by atoms with van der Waals surface area (Å²) >= 11 is 0. The van der Waals surface area contributed by atoms with Crippen LogP contribution in [0.15, 0.2) is 71.7 Å². The van der Waals surface area contributed by atoms with Crippen molar-refractivity contribution in [1.82, 2.24) is 0 Å². The fourth-order valence-electron chi connectivity index (χ4n) is 3.80. The Kier molecular flexibility index (Phi) is 9.48. The van der Waals surface area contributed by atoms with Gasteiger partial charge in [0.05, 0.1) is 5.97 Å². The molecule has 34 heavy (non-hydrogen) atoms.